The lowest BCUT2D eigenvalue weighted by molar-refractivity contribution is -0.141. The largest absolute Gasteiger partial charge is 0.484 e. The number of nitrogens with zero attached hydrogens (tertiary/aromatic N) is 1. The lowest BCUT2D eigenvalue weighted by Gasteiger charge is -2.28. The molecular weight excluding hydrogens is 328 g/mol. The lowest BCUT2D eigenvalue weighted by atomic mass is 10.1. The molecule has 1 N–H and O–H groups in total. The van der Waals surface area contributed by atoms with Crippen LogP contribution in [0, 0.1) is 6.92 Å². The number of aryl methyl sites for hydroxylation is 1. The zero-order chi connectivity index (χ0) is 18.9. The van der Waals surface area contributed by atoms with Crippen LogP contribution in [0.25, 0.3) is 0 Å². The summed E-state index contributed by atoms with van der Waals surface area (Å²) in [5.74, 6) is 0.245. The van der Waals surface area contributed by atoms with Gasteiger partial charge in [0.25, 0.3) is 5.91 Å². The Bertz CT molecular complexity index is 731. The molecule has 0 saturated carbocycles. The van der Waals surface area contributed by atoms with Gasteiger partial charge in [0.15, 0.2) is 6.61 Å². The summed E-state index contributed by atoms with van der Waals surface area (Å²) in [6, 6.07) is 16.9. The van der Waals surface area contributed by atoms with Gasteiger partial charge in [0.2, 0.25) is 5.91 Å². The average molecular weight is 354 g/mol. The smallest absolute Gasteiger partial charge is 0.261 e. The molecule has 26 heavy (non-hydrogen) atoms. The summed E-state index contributed by atoms with van der Waals surface area (Å²) in [5.41, 5.74) is 2.18. The van der Waals surface area contributed by atoms with Crippen molar-refractivity contribution >= 4 is 11.8 Å². The first-order valence-corrected chi connectivity index (χ1v) is 8.75. The highest BCUT2D eigenvalue weighted by molar-refractivity contribution is 5.87. The Kier molecular flexibility index (Phi) is 7.21. The number of hydrogen-bond acceptors (Lipinski definition) is 3. The van der Waals surface area contributed by atoms with E-state index in [1.54, 1.807) is 18.9 Å². The lowest BCUT2D eigenvalue weighted by Crippen LogP contribution is -2.49. The SMILES string of the molecule is CNC(=O)C(C)N(CCc1ccccc1)C(=O)COc1cccc(C)c1. The van der Waals surface area contributed by atoms with E-state index in [0.717, 1.165) is 11.1 Å². The standard InChI is InChI=1S/C21H26N2O3/c1-16-8-7-11-19(14-16)26-15-20(24)23(17(2)21(25)22-3)13-12-18-9-5-4-6-10-18/h4-11,14,17H,12-13,15H2,1-3H3,(H,22,25). The number of likely N-dealkylation sites (N-methyl/N-ethyl adjacent to an activating group) is 1. The van der Waals surface area contributed by atoms with Crippen LogP contribution >= 0.6 is 0 Å². The molecule has 0 heterocycles. The molecule has 138 valence electrons. The molecule has 0 saturated heterocycles. The molecule has 5 heteroatoms. The summed E-state index contributed by atoms with van der Waals surface area (Å²) in [6.45, 7) is 4.05. The Labute approximate surface area is 155 Å². The predicted octanol–water partition coefficient (Wildman–Crippen LogP) is 2.58. The highest BCUT2D eigenvalue weighted by Gasteiger charge is 2.25. The van der Waals surface area contributed by atoms with Gasteiger partial charge in [-0.1, -0.05) is 42.5 Å². The Hall–Kier alpha value is -2.82. The molecule has 2 amide bonds. The minimum Gasteiger partial charge on any atom is -0.484 e. The Balaban J connectivity index is 2.03. The third-order valence-corrected chi connectivity index (χ3v) is 4.25. The minimum absolute atomic E-state index is 0.0976. The normalized spacial score (nSPS) is 11.5. The number of amides is 2. The average Bonchev–Trinajstić information content (AvgIpc) is 2.66. The van der Waals surface area contributed by atoms with E-state index < -0.39 is 6.04 Å². The summed E-state index contributed by atoms with van der Waals surface area (Å²) in [7, 11) is 1.57. The van der Waals surface area contributed by atoms with E-state index in [2.05, 4.69) is 5.32 Å². The number of carbonyl (C=O) groups is 2. The molecule has 0 bridgehead atoms. The van der Waals surface area contributed by atoms with E-state index in [1.165, 1.54) is 0 Å². The van der Waals surface area contributed by atoms with Crippen LogP contribution in [0.15, 0.2) is 54.6 Å². The van der Waals surface area contributed by atoms with Crippen LogP contribution in [0.1, 0.15) is 18.1 Å². The van der Waals surface area contributed by atoms with Crippen molar-refractivity contribution in [1.29, 1.82) is 0 Å². The van der Waals surface area contributed by atoms with Gasteiger partial charge in [0.05, 0.1) is 0 Å². The summed E-state index contributed by atoms with van der Waals surface area (Å²) >= 11 is 0. The molecule has 1 atom stereocenters. The first-order chi connectivity index (χ1) is 12.5. The molecule has 2 aromatic carbocycles. The fourth-order valence-electron chi connectivity index (χ4n) is 2.71. The predicted molar refractivity (Wildman–Crippen MR) is 102 cm³/mol. The maximum Gasteiger partial charge on any atom is 0.261 e. The zero-order valence-electron chi connectivity index (χ0n) is 15.6. The third kappa shape index (κ3) is 5.62. The van der Waals surface area contributed by atoms with Gasteiger partial charge < -0.3 is 15.0 Å². The second-order valence-corrected chi connectivity index (χ2v) is 6.22. The molecule has 0 aliphatic rings. The fourth-order valence-corrected chi connectivity index (χ4v) is 2.71. The van der Waals surface area contributed by atoms with Crippen molar-refractivity contribution in [3.8, 4) is 5.75 Å². The number of rotatable bonds is 8. The van der Waals surface area contributed by atoms with E-state index >= 15 is 0 Å². The van der Waals surface area contributed by atoms with Crippen LogP contribution in [0.3, 0.4) is 0 Å². The molecule has 0 aliphatic carbocycles. The summed E-state index contributed by atoms with van der Waals surface area (Å²) in [4.78, 5) is 26.3. The quantitative estimate of drug-likeness (QED) is 0.793. The molecule has 0 aromatic heterocycles. The van der Waals surface area contributed by atoms with Crippen molar-refractivity contribution in [3.63, 3.8) is 0 Å². The van der Waals surface area contributed by atoms with Crippen LogP contribution in [0.4, 0.5) is 0 Å². The van der Waals surface area contributed by atoms with Crippen molar-refractivity contribution in [2.24, 2.45) is 0 Å². The van der Waals surface area contributed by atoms with Gasteiger partial charge in [-0.3, -0.25) is 9.59 Å². The van der Waals surface area contributed by atoms with Crippen LogP contribution in [0.5, 0.6) is 5.75 Å². The van der Waals surface area contributed by atoms with Gasteiger partial charge in [-0.15, -0.1) is 0 Å². The molecule has 1 unspecified atom stereocenters. The first-order valence-electron chi connectivity index (χ1n) is 8.75. The first kappa shape index (κ1) is 19.5. The molecule has 5 nitrogen and oxygen atoms in total. The van der Waals surface area contributed by atoms with Gasteiger partial charge in [0, 0.05) is 13.6 Å². The molecule has 0 fully saturated rings. The van der Waals surface area contributed by atoms with Crippen molar-refractivity contribution in [1.82, 2.24) is 10.2 Å². The van der Waals surface area contributed by atoms with E-state index in [9.17, 15) is 9.59 Å². The van der Waals surface area contributed by atoms with Crippen molar-refractivity contribution in [3.05, 3.63) is 65.7 Å². The van der Waals surface area contributed by atoms with Crippen LogP contribution in [-0.4, -0.2) is 43.0 Å². The van der Waals surface area contributed by atoms with Crippen LogP contribution in [0.2, 0.25) is 0 Å². The molecule has 0 aliphatic heterocycles. The van der Waals surface area contributed by atoms with Crippen LogP contribution < -0.4 is 10.1 Å². The van der Waals surface area contributed by atoms with E-state index in [0.29, 0.717) is 18.7 Å². The Morgan fingerprint density at radius 3 is 2.50 bits per heavy atom. The fraction of sp³-hybridized carbons (Fsp3) is 0.333. The number of benzene rings is 2. The topological polar surface area (TPSA) is 58.6 Å². The Morgan fingerprint density at radius 2 is 1.85 bits per heavy atom. The third-order valence-electron chi connectivity index (χ3n) is 4.25. The van der Waals surface area contributed by atoms with Crippen molar-refractivity contribution < 1.29 is 14.3 Å². The molecule has 0 spiro atoms. The second-order valence-electron chi connectivity index (χ2n) is 6.22. The van der Waals surface area contributed by atoms with Gasteiger partial charge in [-0.2, -0.15) is 0 Å². The highest BCUT2D eigenvalue weighted by atomic mass is 16.5. The monoisotopic (exact) mass is 354 g/mol. The zero-order valence-corrected chi connectivity index (χ0v) is 15.6. The van der Waals surface area contributed by atoms with E-state index in [-0.39, 0.29) is 18.4 Å². The summed E-state index contributed by atoms with van der Waals surface area (Å²) in [6.07, 6.45) is 0.679. The maximum absolute atomic E-state index is 12.7. The highest BCUT2D eigenvalue weighted by Crippen LogP contribution is 2.13. The van der Waals surface area contributed by atoms with Crippen LogP contribution in [-0.2, 0) is 16.0 Å². The number of nitrogens with one attached hydrogen (secondary N) is 1. The van der Waals surface area contributed by atoms with Crippen molar-refractivity contribution in [2.75, 3.05) is 20.2 Å². The Morgan fingerprint density at radius 1 is 1.12 bits per heavy atom. The number of hydrogen-bond donors (Lipinski definition) is 1. The van der Waals surface area contributed by atoms with E-state index in [1.807, 2.05) is 61.5 Å². The molecular formula is C21H26N2O3. The van der Waals surface area contributed by atoms with Gasteiger partial charge in [-0.05, 0) is 43.5 Å². The summed E-state index contributed by atoms with van der Waals surface area (Å²) in [5, 5.41) is 2.61. The molecule has 0 radical (unpaired) electrons. The molecule has 2 aromatic rings. The van der Waals surface area contributed by atoms with Gasteiger partial charge >= 0.3 is 0 Å². The summed E-state index contributed by atoms with van der Waals surface area (Å²) < 4.78 is 5.62. The van der Waals surface area contributed by atoms with E-state index in [4.69, 9.17) is 4.74 Å². The van der Waals surface area contributed by atoms with Crippen molar-refractivity contribution in [2.45, 2.75) is 26.3 Å². The van der Waals surface area contributed by atoms with Gasteiger partial charge in [0.1, 0.15) is 11.8 Å². The second kappa shape index (κ2) is 9.61. The molecule has 2 rings (SSSR count). The minimum atomic E-state index is -0.558. The van der Waals surface area contributed by atoms with Gasteiger partial charge in [-0.25, -0.2) is 0 Å². The number of ether oxygens (including phenoxy) is 1. The maximum atomic E-state index is 12.7. The number of carbonyl (C=O) groups excluding carboxylic acids is 2.